The van der Waals surface area contributed by atoms with Crippen LogP contribution in [0.25, 0.3) is 21.1 Å². The van der Waals surface area contributed by atoms with Crippen LogP contribution in [0.2, 0.25) is 0 Å². The maximum Gasteiger partial charge on any atom is 0.188 e. The highest BCUT2D eigenvalue weighted by atomic mass is 32.2. The van der Waals surface area contributed by atoms with Gasteiger partial charge in [-0.3, -0.25) is 4.68 Å². The SMILES string of the molecule is COc1ccc(S(C)(=O)=O)cc1Nc1nc2c(ccc3c2cnn3CCC(C)C)s1. The first-order valence-corrected chi connectivity index (χ1v) is 12.4. The lowest BCUT2D eigenvalue weighted by atomic mass is 10.1. The van der Waals surface area contributed by atoms with Crippen LogP contribution in [0.1, 0.15) is 20.3 Å². The normalized spacial score (nSPS) is 12.2. The van der Waals surface area contributed by atoms with Crippen molar-refractivity contribution in [3.8, 4) is 5.75 Å². The van der Waals surface area contributed by atoms with Crippen molar-refractivity contribution < 1.29 is 13.2 Å². The zero-order valence-electron chi connectivity index (χ0n) is 17.3. The lowest BCUT2D eigenvalue weighted by Crippen LogP contribution is -2.02. The molecule has 30 heavy (non-hydrogen) atoms. The second-order valence-corrected chi connectivity index (χ2v) is 10.7. The van der Waals surface area contributed by atoms with Crippen LogP contribution < -0.4 is 10.1 Å². The van der Waals surface area contributed by atoms with Crippen LogP contribution >= 0.6 is 11.3 Å². The Labute approximate surface area is 179 Å². The lowest BCUT2D eigenvalue weighted by molar-refractivity contribution is 0.416. The van der Waals surface area contributed by atoms with Crippen molar-refractivity contribution in [1.29, 1.82) is 0 Å². The smallest absolute Gasteiger partial charge is 0.188 e. The highest BCUT2D eigenvalue weighted by Crippen LogP contribution is 2.36. The van der Waals surface area contributed by atoms with E-state index in [9.17, 15) is 8.42 Å². The van der Waals surface area contributed by atoms with Gasteiger partial charge in [-0.2, -0.15) is 5.10 Å². The molecule has 0 spiro atoms. The molecule has 0 radical (unpaired) electrons. The zero-order chi connectivity index (χ0) is 21.5. The highest BCUT2D eigenvalue weighted by Gasteiger charge is 2.15. The second-order valence-electron chi connectivity index (χ2n) is 7.67. The molecule has 0 aliphatic carbocycles. The Hall–Kier alpha value is -2.65. The van der Waals surface area contributed by atoms with Crippen molar-refractivity contribution in [2.45, 2.75) is 31.7 Å². The molecule has 0 saturated carbocycles. The van der Waals surface area contributed by atoms with Crippen molar-refractivity contribution in [2.75, 3.05) is 18.7 Å². The summed E-state index contributed by atoms with van der Waals surface area (Å²) in [6.45, 7) is 5.28. The molecule has 0 atom stereocenters. The van der Waals surface area contributed by atoms with E-state index in [0.717, 1.165) is 34.1 Å². The van der Waals surface area contributed by atoms with Gasteiger partial charge in [0, 0.05) is 18.2 Å². The van der Waals surface area contributed by atoms with Gasteiger partial charge in [0.25, 0.3) is 0 Å². The molecule has 4 aromatic rings. The third kappa shape index (κ3) is 3.99. The molecule has 158 valence electrons. The average molecular weight is 445 g/mol. The molecule has 0 amide bonds. The molecule has 2 aromatic carbocycles. The van der Waals surface area contributed by atoms with Crippen LogP contribution in [-0.4, -0.2) is 36.5 Å². The van der Waals surface area contributed by atoms with Gasteiger partial charge in [-0.15, -0.1) is 0 Å². The van der Waals surface area contributed by atoms with Crippen LogP contribution in [0.4, 0.5) is 10.8 Å². The van der Waals surface area contributed by atoms with Gasteiger partial charge in [0.2, 0.25) is 0 Å². The monoisotopic (exact) mass is 444 g/mol. The Morgan fingerprint density at radius 3 is 2.73 bits per heavy atom. The first-order valence-electron chi connectivity index (χ1n) is 9.66. The van der Waals surface area contributed by atoms with Crippen molar-refractivity contribution in [3.63, 3.8) is 0 Å². The molecule has 0 saturated heterocycles. The van der Waals surface area contributed by atoms with E-state index >= 15 is 0 Å². The predicted molar refractivity (Wildman–Crippen MR) is 122 cm³/mol. The van der Waals surface area contributed by atoms with Crippen molar-refractivity contribution in [3.05, 3.63) is 36.5 Å². The molecular formula is C21H24N4O3S2. The number of methoxy groups -OCH3 is 1. The van der Waals surface area contributed by atoms with Crippen LogP contribution in [0, 0.1) is 5.92 Å². The third-order valence-electron chi connectivity index (χ3n) is 4.94. The molecular weight excluding hydrogens is 420 g/mol. The largest absolute Gasteiger partial charge is 0.495 e. The first kappa shape index (κ1) is 20.6. The number of nitrogens with one attached hydrogen (secondary N) is 1. The van der Waals surface area contributed by atoms with Gasteiger partial charge in [0.15, 0.2) is 15.0 Å². The van der Waals surface area contributed by atoms with E-state index in [1.165, 1.54) is 23.7 Å². The highest BCUT2D eigenvalue weighted by molar-refractivity contribution is 7.90. The number of ether oxygens (including phenoxy) is 1. The standard InChI is InChI=1S/C21H24N4O3S2/c1-13(2)9-10-25-17-6-8-19-20(15(17)12-22-25)24-21(29-19)23-16-11-14(30(4,26)27)5-7-18(16)28-3/h5-8,11-13H,9-10H2,1-4H3,(H,23,24). The van der Waals surface area contributed by atoms with Crippen LogP contribution in [0.15, 0.2) is 41.4 Å². The van der Waals surface area contributed by atoms with E-state index in [1.807, 2.05) is 10.9 Å². The minimum Gasteiger partial charge on any atom is -0.495 e. The maximum absolute atomic E-state index is 11.9. The molecule has 2 aromatic heterocycles. The fourth-order valence-corrected chi connectivity index (χ4v) is 4.83. The molecule has 0 fully saturated rings. The van der Waals surface area contributed by atoms with Crippen molar-refractivity contribution >= 4 is 53.1 Å². The van der Waals surface area contributed by atoms with E-state index in [1.54, 1.807) is 19.2 Å². The van der Waals surface area contributed by atoms with Gasteiger partial charge in [0.1, 0.15) is 5.75 Å². The summed E-state index contributed by atoms with van der Waals surface area (Å²) in [5, 5.41) is 9.45. The van der Waals surface area contributed by atoms with E-state index in [-0.39, 0.29) is 4.90 Å². The molecule has 2 heterocycles. The topological polar surface area (TPSA) is 86.1 Å². The summed E-state index contributed by atoms with van der Waals surface area (Å²) in [7, 11) is -1.78. The maximum atomic E-state index is 11.9. The van der Waals surface area contributed by atoms with Gasteiger partial charge in [-0.1, -0.05) is 25.2 Å². The van der Waals surface area contributed by atoms with Crippen molar-refractivity contribution in [1.82, 2.24) is 14.8 Å². The second kappa shape index (κ2) is 7.88. The summed E-state index contributed by atoms with van der Waals surface area (Å²) in [6.07, 6.45) is 4.12. The Bertz CT molecular complexity index is 1320. The number of thiazole rings is 1. The fraction of sp³-hybridized carbons (Fsp3) is 0.333. The average Bonchev–Trinajstić information content (AvgIpc) is 3.28. The minimum atomic E-state index is -3.33. The molecule has 0 aliphatic rings. The number of sulfone groups is 1. The van der Waals surface area contributed by atoms with Crippen LogP contribution in [-0.2, 0) is 16.4 Å². The summed E-state index contributed by atoms with van der Waals surface area (Å²) < 4.78 is 32.3. The predicted octanol–water partition coefficient (Wildman–Crippen LogP) is 4.85. The number of hydrogen-bond acceptors (Lipinski definition) is 7. The number of anilines is 2. The van der Waals surface area contributed by atoms with E-state index in [4.69, 9.17) is 9.72 Å². The number of aromatic nitrogens is 3. The Balaban J connectivity index is 1.72. The Morgan fingerprint density at radius 2 is 2.03 bits per heavy atom. The molecule has 4 rings (SSSR count). The number of benzene rings is 2. The number of nitrogens with zero attached hydrogens (tertiary/aromatic N) is 3. The van der Waals surface area contributed by atoms with E-state index in [0.29, 0.717) is 22.5 Å². The lowest BCUT2D eigenvalue weighted by Gasteiger charge is -2.10. The molecule has 0 unspecified atom stereocenters. The Morgan fingerprint density at radius 1 is 1.23 bits per heavy atom. The van der Waals surface area contributed by atoms with Gasteiger partial charge in [-0.25, -0.2) is 13.4 Å². The minimum absolute atomic E-state index is 0.223. The molecule has 1 N–H and O–H groups in total. The molecule has 9 heteroatoms. The third-order valence-corrected chi connectivity index (χ3v) is 6.99. The zero-order valence-corrected chi connectivity index (χ0v) is 19.0. The van der Waals surface area contributed by atoms with E-state index in [2.05, 4.69) is 36.4 Å². The fourth-order valence-electron chi connectivity index (χ4n) is 3.29. The Kier molecular flexibility index (Phi) is 5.42. The number of rotatable bonds is 7. The van der Waals surface area contributed by atoms with E-state index < -0.39 is 9.84 Å². The summed E-state index contributed by atoms with van der Waals surface area (Å²) >= 11 is 1.50. The van der Waals surface area contributed by atoms with Gasteiger partial charge < -0.3 is 10.1 Å². The summed E-state index contributed by atoms with van der Waals surface area (Å²) in [5.41, 5.74) is 2.51. The first-order chi connectivity index (χ1) is 14.3. The summed E-state index contributed by atoms with van der Waals surface area (Å²) in [5.74, 6) is 1.16. The quantitative estimate of drug-likeness (QED) is 0.439. The van der Waals surface area contributed by atoms with Gasteiger partial charge >= 0.3 is 0 Å². The molecule has 0 bridgehead atoms. The molecule has 0 aliphatic heterocycles. The van der Waals surface area contributed by atoms with Crippen LogP contribution in [0.5, 0.6) is 5.75 Å². The van der Waals surface area contributed by atoms with Gasteiger partial charge in [-0.05, 0) is 42.7 Å². The summed E-state index contributed by atoms with van der Waals surface area (Å²) in [6, 6.07) is 8.88. The van der Waals surface area contributed by atoms with Crippen LogP contribution in [0.3, 0.4) is 0 Å². The number of aryl methyl sites for hydroxylation is 1. The molecule has 7 nitrogen and oxygen atoms in total. The number of fused-ring (bicyclic) bond motifs is 3. The van der Waals surface area contributed by atoms with Crippen molar-refractivity contribution in [2.24, 2.45) is 5.92 Å². The van der Waals surface area contributed by atoms with Gasteiger partial charge in [0.05, 0.1) is 39.6 Å². The number of hydrogen-bond donors (Lipinski definition) is 1. The summed E-state index contributed by atoms with van der Waals surface area (Å²) in [4.78, 5) is 4.98.